The molecule has 0 aliphatic rings. The number of aryl methyl sites for hydroxylation is 1. The molecule has 4 rings (SSSR count). The first-order chi connectivity index (χ1) is 17.1. The zero-order valence-electron chi connectivity index (χ0n) is 19.8. The van der Waals surface area contributed by atoms with E-state index in [1.54, 1.807) is 30.3 Å². The molecular formula is C26H27N3O6. The fraction of sp³-hybridized carbons (Fsp3) is 0.269. The topological polar surface area (TPSA) is 120 Å². The number of nitrogens with zero attached hydrogens (tertiary/aromatic N) is 2. The van der Waals surface area contributed by atoms with Gasteiger partial charge in [0, 0.05) is 5.69 Å². The van der Waals surface area contributed by atoms with Crippen LogP contribution in [0.15, 0.2) is 57.7 Å². The van der Waals surface area contributed by atoms with Gasteiger partial charge < -0.3 is 28.7 Å². The molecule has 0 amide bonds. The smallest absolute Gasteiger partial charge is 0.264 e. The summed E-state index contributed by atoms with van der Waals surface area (Å²) in [5.41, 5.74) is 0.804. The Morgan fingerprint density at radius 2 is 1.66 bits per heavy atom. The van der Waals surface area contributed by atoms with Gasteiger partial charge in [0.05, 0.1) is 25.3 Å². The number of unbranched alkanes of at least 4 members (excludes halogenated alkanes) is 1. The highest BCUT2D eigenvalue weighted by Crippen LogP contribution is 2.46. The minimum absolute atomic E-state index is 0.0114. The van der Waals surface area contributed by atoms with Gasteiger partial charge >= 0.3 is 0 Å². The lowest BCUT2D eigenvalue weighted by molar-refractivity contribution is 0.264. The standard InChI is InChI=1S/C26H27N3O6/c1-4-5-12-17-21(22-18(32-2)13-9-14-19(22)33-3)24(30)23(25(31)27-17)26-29-28-20(35-26)15-34-16-10-7-6-8-11-16/h6-11,13-14H,4-5,12,15H2,1-3H3,(H2,27,30,31). The van der Waals surface area contributed by atoms with Crippen molar-refractivity contribution in [2.75, 3.05) is 14.2 Å². The van der Waals surface area contributed by atoms with Crippen LogP contribution in [0.1, 0.15) is 31.4 Å². The molecule has 4 aromatic rings. The average molecular weight is 478 g/mol. The van der Waals surface area contributed by atoms with Crippen LogP contribution in [0.3, 0.4) is 0 Å². The Morgan fingerprint density at radius 1 is 0.943 bits per heavy atom. The fourth-order valence-corrected chi connectivity index (χ4v) is 3.82. The third-order valence-electron chi connectivity index (χ3n) is 5.51. The maximum Gasteiger partial charge on any atom is 0.264 e. The van der Waals surface area contributed by atoms with Crippen molar-refractivity contribution in [2.24, 2.45) is 0 Å². The van der Waals surface area contributed by atoms with Gasteiger partial charge in [0.25, 0.3) is 17.3 Å². The van der Waals surface area contributed by atoms with Crippen LogP contribution in [0.2, 0.25) is 0 Å². The quantitative estimate of drug-likeness (QED) is 0.336. The first-order valence-electron chi connectivity index (χ1n) is 11.3. The average Bonchev–Trinajstić information content (AvgIpc) is 3.34. The molecule has 0 saturated carbocycles. The van der Waals surface area contributed by atoms with Crippen molar-refractivity contribution in [3.05, 3.63) is 70.5 Å². The SMILES string of the molecule is CCCCc1[nH]c(=O)c(-c2nnc(COc3ccccc3)o2)c(O)c1-c1c(OC)cccc1OC. The van der Waals surface area contributed by atoms with Gasteiger partial charge in [-0.15, -0.1) is 10.2 Å². The molecule has 0 bridgehead atoms. The zero-order valence-corrected chi connectivity index (χ0v) is 19.8. The maximum absolute atomic E-state index is 13.1. The van der Waals surface area contributed by atoms with Crippen LogP contribution in [0.5, 0.6) is 23.0 Å². The molecule has 35 heavy (non-hydrogen) atoms. The number of aromatic hydroxyl groups is 1. The first-order valence-corrected chi connectivity index (χ1v) is 11.3. The van der Waals surface area contributed by atoms with E-state index in [1.807, 2.05) is 25.1 Å². The van der Waals surface area contributed by atoms with E-state index in [-0.39, 0.29) is 29.7 Å². The molecular weight excluding hydrogens is 450 g/mol. The number of methoxy groups -OCH3 is 2. The highest BCUT2D eigenvalue weighted by molar-refractivity contribution is 5.86. The molecule has 0 aliphatic carbocycles. The Balaban J connectivity index is 1.81. The van der Waals surface area contributed by atoms with Crippen LogP contribution < -0.4 is 19.8 Å². The van der Waals surface area contributed by atoms with Gasteiger partial charge in [-0.25, -0.2) is 0 Å². The number of H-pyrrole nitrogens is 1. The molecule has 182 valence electrons. The molecule has 0 atom stereocenters. The third-order valence-corrected chi connectivity index (χ3v) is 5.51. The number of hydrogen-bond acceptors (Lipinski definition) is 8. The molecule has 2 aromatic heterocycles. The van der Waals surface area contributed by atoms with Crippen LogP contribution in [-0.4, -0.2) is 34.5 Å². The number of pyridine rings is 1. The van der Waals surface area contributed by atoms with Crippen molar-refractivity contribution in [1.82, 2.24) is 15.2 Å². The summed E-state index contributed by atoms with van der Waals surface area (Å²) in [6.45, 7) is 2.06. The van der Waals surface area contributed by atoms with Crippen molar-refractivity contribution >= 4 is 0 Å². The molecule has 2 N–H and O–H groups in total. The number of para-hydroxylation sites is 1. The number of rotatable bonds is 10. The predicted molar refractivity (Wildman–Crippen MR) is 130 cm³/mol. The minimum atomic E-state index is -0.537. The first kappa shape index (κ1) is 23.9. The Hall–Kier alpha value is -4.27. The third kappa shape index (κ3) is 4.98. The van der Waals surface area contributed by atoms with Gasteiger partial charge in [-0.2, -0.15) is 0 Å². The summed E-state index contributed by atoms with van der Waals surface area (Å²) < 4.78 is 22.4. The summed E-state index contributed by atoms with van der Waals surface area (Å²) in [5.74, 6) is 1.36. The molecule has 0 radical (unpaired) electrons. The lowest BCUT2D eigenvalue weighted by Crippen LogP contribution is -2.14. The van der Waals surface area contributed by atoms with Gasteiger partial charge in [0.2, 0.25) is 0 Å². The van der Waals surface area contributed by atoms with Crippen molar-refractivity contribution in [2.45, 2.75) is 32.8 Å². The van der Waals surface area contributed by atoms with Crippen LogP contribution in [0.4, 0.5) is 0 Å². The predicted octanol–water partition coefficient (Wildman–Crippen LogP) is 4.74. The van der Waals surface area contributed by atoms with Crippen molar-refractivity contribution in [1.29, 1.82) is 0 Å². The van der Waals surface area contributed by atoms with E-state index in [0.29, 0.717) is 40.5 Å². The van der Waals surface area contributed by atoms with E-state index in [2.05, 4.69) is 15.2 Å². The number of aromatic amines is 1. The zero-order chi connectivity index (χ0) is 24.8. The van der Waals surface area contributed by atoms with Crippen molar-refractivity contribution < 1.29 is 23.7 Å². The second kappa shape index (κ2) is 10.8. The Labute approximate surface area is 202 Å². The summed E-state index contributed by atoms with van der Waals surface area (Å²) in [7, 11) is 3.06. The summed E-state index contributed by atoms with van der Waals surface area (Å²) in [6, 6.07) is 14.5. The summed E-state index contributed by atoms with van der Waals surface area (Å²) in [6.07, 6.45) is 2.25. The van der Waals surface area contributed by atoms with E-state index in [9.17, 15) is 9.90 Å². The van der Waals surface area contributed by atoms with E-state index in [4.69, 9.17) is 18.6 Å². The second-order valence-corrected chi connectivity index (χ2v) is 7.78. The largest absolute Gasteiger partial charge is 0.506 e. The van der Waals surface area contributed by atoms with Gasteiger partial charge in [0.1, 0.15) is 28.6 Å². The normalized spacial score (nSPS) is 10.8. The maximum atomic E-state index is 13.1. The number of hydrogen-bond donors (Lipinski definition) is 2. The van der Waals surface area contributed by atoms with E-state index < -0.39 is 5.56 Å². The molecule has 9 nitrogen and oxygen atoms in total. The molecule has 0 saturated heterocycles. The van der Waals surface area contributed by atoms with Crippen LogP contribution in [0.25, 0.3) is 22.6 Å². The second-order valence-electron chi connectivity index (χ2n) is 7.78. The lowest BCUT2D eigenvalue weighted by atomic mass is 9.96. The van der Waals surface area contributed by atoms with Gasteiger partial charge in [-0.1, -0.05) is 37.6 Å². The number of nitrogens with one attached hydrogen (secondary N) is 1. The molecule has 9 heteroatoms. The number of benzene rings is 2. The monoisotopic (exact) mass is 477 g/mol. The van der Waals surface area contributed by atoms with Crippen molar-refractivity contribution in [3.8, 4) is 45.6 Å². The Kier molecular flexibility index (Phi) is 7.35. The summed E-state index contributed by atoms with van der Waals surface area (Å²) >= 11 is 0. The molecule has 0 spiro atoms. The molecule has 2 aromatic carbocycles. The van der Waals surface area contributed by atoms with Gasteiger partial charge in [0.15, 0.2) is 6.61 Å². The van der Waals surface area contributed by atoms with E-state index >= 15 is 0 Å². The van der Waals surface area contributed by atoms with E-state index in [1.165, 1.54) is 14.2 Å². The lowest BCUT2D eigenvalue weighted by Gasteiger charge is -2.18. The minimum Gasteiger partial charge on any atom is -0.506 e. The van der Waals surface area contributed by atoms with Gasteiger partial charge in [-0.05, 0) is 37.1 Å². The Morgan fingerprint density at radius 3 is 2.31 bits per heavy atom. The number of aromatic nitrogens is 3. The van der Waals surface area contributed by atoms with E-state index in [0.717, 1.165) is 12.8 Å². The number of ether oxygens (including phenoxy) is 3. The van der Waals surface area contributed by atoms with Crippen LogP contribution in [0, 0.1) is 0 Å². The van der Waals surface area contributed by atoms with Crippen LogP contribution >= 0.6 is 0 Å². The molecule has 0 fully saturated rings. The highest BCUT2D eigenvalue weighted by atomic mass is 16.5. The van der Waals surface area contributed by atoms with Crippen LogP contribution in [-0.2, 0) is 13.0 Å². The fourth-order valence-electron chi connectivity index (χ4n) is 3.82. The summed E-state index contributed by atoms with van der Waals surface area (Å²) in [5, 5.41) is 19.4. The van der Waals surface area contributed by atoms with Gasteiger partial charge in [-0.3, -0.25) is 4.79 Å². The molecule has 2 heterocycles. The summed E-state index contributed by atoms with van der Waals surface area (Å²) in [4.78, 5) is 16.0. The molecule has 0 aliphatic heterocycles. The van der Waals surface area contributed by atoms with Crippen molar-refractivity contribution in [3.63, 3.8) is 0 Å². The Bertz CT molecular complexity index is 1320. The highest BCUT2D eigenvalue weighted by Gasteiger charge is 2.27. The molecule has 0 unspecified atom stereocenters.